The lowest BCUT2D eigenvalue weighted by molar-refractivity contribution is -0.116. The fourth-order valence-electron chi connectivity index (χ4n) is 3.92. The molecule has 0 saturated carbocycles. The summed E-state index contributed by atoms with van der Waals surface area (Å²) in [5, 5.41) is 5.74. The van der Waals surface area contributed by atoms with Crippen molar-refractivity contribution in [1.82, 2.24) is 9.78 Å². The van der Waals surface area contributed by atoms with Gasteiger partial charge in [-0.3, -0.25) is 9.48 Å². The molecule has 10 heteroatoms. The van der Waals surface area contributed by atoms with Gasteiger partial charge in [-0.05, 0) is 66.6 Å². The maximum atomic E-state index is 12.4. The molecule has 0 unspecified atom stereocenters. The molecule has 174 valence electrons. The number of benzene rings is 1. The minimum absolute atomic E-state index is 0.126. The molecule has 0 fully saturated rings. The highest BCUT2D eigenvalue weighted by molar-refractivity contribution is 7.94. The van der Waals surface area contributed by atoms with Crippen molar-refractivity contribution < 1.29 is 13.2 Å². The number of fused-ring (bicyclic) bond motifs is 1. The van der Waals surface area contributed by atoms with Crippen molar-refractivity contribution >= 4 is 67.3 Å². The lowest BCUT2D eigenvalue weighted by Gasteiger charge is -2.18. The number of ketones is 1. The maximum absolute atomic E-state index is 12.4. The Balaban J connectivity index is 1.45. The normalized spacial score (nSPS) is 15.1. The first-order valence-corrected chi connectivity index (χ1v) is 14.0. The first-order chi connectivity index (χ1) is 15.7. The topological polar surface area (TPSA) is 69.0 Å². The molecule has 0 saturated heterocycles. The van der Waals surface area contributed by atoms with E-state index >= 15 is 0 Å². The second kappa shape index (κ2) is 10.3. The molecule has 1 aromatic carbocycles. The van der Waals surface area contributed by atoms with Gasteiger partial charge in [-0.15, -0.1) is 11.3 Å². The van der Waals surface area contributed by atoms with E-state index in [-0.39, 0.29) is 16.4 Å². The van der Waals surface area contributed by atoms with E-state index in [4.69, 9.17) is 34.8 Å². The SMILES string of the molecule is O=C(CC/C=C1\CCCc2cnn(Cc3ccc(Cl)cc3Cl)c21)CS(=O)(=O)c1ccc(Cl)s1. The van der Waals surface area contributed by atoms with Gasteiger partial charge < -0.3 is 0 Å². The Kier molecular flexibility index (Phi) is 7.66. The molecule has 0 N–H and O–H groups in total. The first-order valence-electron chi connectivity index (χ1n) is 10.4. The fourth-order valence-corrected chi connectivity index (χ4v) is 7.25. The van der Waals surface area contributed by atoms with E-state index < -0.39 is 15.6 Å². The number of hydrogen-bond donors (Lipinski definition) is 0. The van der Waals surface area contributed by atoms with Crippen LogP contribution in [-0.2, 0) is 27.6 Å². The van der Waals surface area contributed by atoms with Crippen molar-refractivity contribution in [3.05, 3.63) is 73.8 Å². The smallest absolute Gasteiger partial charge is 0.194 e. The average molecular weight is 544 g/mol. The van der Waals surface area contributed by atoms with Gasteiger partial charge in [0.25, 0.3) is 0 Å². The molecule has 33 heavy (non-hydrogen) atoms. The van der Waals surface area contributed by atoms with Gasteiger partial charge >= 0.3 is 0 Å². The number of allylic oxidation sites excluding steroid dienone is 2. The second-order valence-electron chi connectivity index (χ2n) is 7.89. The van der Waals surface area contributed by atoms with E-state index in [1.807, 2.05) is 23.0 Å². The largest absolute Gasteiger partial charge is 0.299 e. The third kappa shape index (κ3) is 5.89. The molecule has 0 bridgehead atoms. The quantitative estimate of drug-likeness (QED) is 0.325. The third-order valence-corrected chi connectivity index (χ3v) is 9.54. The van der Waals surface area contributed by atoms with Crippen LogP contribution in [0.4, 0.5) is 0 Å². The Bertz CT molecular complexity index is 1330. The van der Waals surface area contributed by atoms with Crippen LogP contribution in [-0.4, -0.2) is 29.7 Å². The van der Waals surface area contributed by atoms with Crippen LogP contribution < -0.4 is 0 Å². The number of sulfone groups is 1. The van der Waals surface area contributed by atoms with Gasteiger partial charge in [0.1, 0.15) is 15.7 Å². The molecule has 3 aromatic rings. The molecule has 1 aliphatic carbocycles. The average Bonchev–Trinajstić information content (AvgIpc) is 3.37. The summed E-state index contributed by atoms with van der Waals surface area (Å²) < 4.78 is 27.2. The number of aromatic nitrogens is 2. The summed E-state index contributed by atoms with van der Waals surface area (Å²) in [6.07, 6.45) is 7.39. The summed E-state index contributed by atoms with van der Waals surface area (Å²) >= 11 is 19.2. The zero-order chi connectivity index (χ0) is 23.6. The predicted molar refractivity (Wildman–Crippen MR) is 134 cm³/mol. The maximum Gasteiger partial charge on any atom is 0.194 e. The highest BCUT2D eigenvalue weighted by atomic mass is 35.5. The Hall–Kier alpha value is -1.64. The summed E-state index contributed by atoms with van der Waals surface area (Å²) in [6.45, 7) is 0.517. The number of aryl methyl sites for hydroxylation is 1. The zero-order valence-corrected chi connectivity index (χ0v) is 21.5. The molecule has 5 nitrogen and oxygen atoms in total. The van der Waals surface area contributed by atoms with Gasteiger partial charge in [0.05, 0.1) is 22.8 Å². The van der Waals surface area contributed by atoms with Crippen LogP contribution in [0.25, 0.3) is 5.57 Å². The lowest BCUT2D eigenvalue weighted by Crippen LogP contribution is -2.15. The molecular formula is C23H21Cl3N2O3S2. The Morgan fingerprint density at radius 2 is 1.97 bits per heavy atom. The second-order valence-corrected chi connectivity index (χ2v) is 12.7. The number of carbonyl (C=O) groups excluding carboxylic acids is 1. The summed E-state index contributed by atoms with van der Waals surface area (Å²) in [4.78, 5) is 12.4. The predicted octanol–water partition coefficient (Wildman–Crippen LogP) is 6.50. The van der Waals surface area contributed by atoms with Crippen molar-refractivity contribution in [1.29, 1.82) is 0 Å². The molecule has 0 radical (unpaired) electrons. The van der Waals surface area contributed by atoms with Gasteiger partial charge in [0.2, 0.25) is 0 Å². The summed E-state index contributed by atoms with van der Waals surface area (Å²) in [7, 11) is -3.65. The van der Waals surface area contributed by atoms with Crippen LogP contribution in [0.3, 0.4) is 0 Å². The molecule has 2 heterocycles. The van der Waals surface area contributed by atoms with Gasteiger partial charge in [-0.2, -0.15) is 5.10 Å². The highest BCUT2D eigenvalue weighted by Crippen LogP contribution is 2.33. The summed E-state index contributed by atoms with van der Waals surface area (Å²) in [5.41, 5.74) is 4.27. The zero-order valence-electron chi connectivity index (χ0n) is 17.6. The van der Waals surface area contributed by atoms with Gasteiger partial charge in [-0.1, -0.05) is 46.9 Å². The van der Waals surface area contributed by atoms with E-state index in [2.05, 4.69) is 5.10 Å². The van der Waals surface area contributed by atoms with Crippen LogP contribution >= 0.6 is 46.1 Å². The van der Waals surface area contributed by atoms with E-state index in [0.29, 0.717) is 27.3 Å². The fraction of sp³-hybridized carbons (Fsp3) is 0.304. The molecule has 2 aromatic heterocycles. The van der Waals surface area contributed by atoms with Gasteiger partial charge in [-0.25, -0.2) is 8.42 Å². The number of hydrogen-bond acceptors (Lipinski definition) is 5. The highest BCUT2D eigenvalue weighted by Gasteiger charge is 2.22. The Morgan fingerprint density at radius 1 is 1.15 bits per heavy atom. The standard InChI is InChI=1S/C23H21Cl3N2O3S2/c24-18-8-7-17(20(25)11-18)13-28-23-15(3-1-5-16(23)12-27-28)4-2-6-19(29)14-33(30,31)22-10-9-21(26)32-22/h4,7-12H,1-3,5-6,13-14H2/b15-4+. The lowest BCUT2D eigenvalue weighted by atomic mass is 9.92. The van der Waals surface area contributed by atoms with Crippen molar-refractivity contribution in [3.8, 4) is 0 Å². The van der Waals surface area contributed by atoms with Crippen molar-refractivity contribution in [2.45, 2.75) is 42.9 Å². The van der Waals surface area contributed by atoms with Gasteiger partial charge in [0.15, 0.2) is 9.84 Å². The van der Waals surface area contributed by atoms with Crippen molar-refractivity contribution in [3.63, 3.8) is 0 Å². The van der Waals surface area contributed by atoms with E-state index in [0.717, 1.165) is 47.4 Å². The van der Waals surface area contributed by atoms with Crippen LogP contribution in [0.2, 0.25) is 14.4 Å². The minimum atomic E-state index is -3.65. The number of halogens is 3. The monoisotopic (exact) mass is 542 g/mol. The minimum Gasteiger partial charge on any atom is -0.299 e. The summed E-state index contributed by atoms with van der Waals surface area (Å²) in [5.74, 6) is -0.820. The molecule has 1 aliphatic rings. The van der Waals surface area contributed by atoms with Crippen molar-refractivity contribution in [2.24, 2.45) is 0 Å². The number of carbonyl (C=O) groups is 1. The van der Waals surface area contributed by atoms with Crippen LogP contribution in [0.15, 0.2) is 46.8 Å². The van der Waals surface area contributed by atoms with E-state index in [1.165, 1.54) is 17.7 Å². The van der Waals surface area contributed by atoms with E-state index in [1.54, 1.807) is 12.1 Å². The van der Waals surface area contributed by atoms with Crippen LogP contribution in [0.1, 0.15) is 42.5 Å². The molecule has 0 aliphatic heterocycles. The number of thiophene rings is 1. The van der Waals surface area contributed by atoms with E-state index in [9.17, 15) is 13.2 Å². The molecular weight excluding hydrogens is 523 g/mol. The molecule has 4 rings (SSSR count). The van der Waals surface area contributed by atoms with Crippen molar-refractivity contribution in [2.75, 3.05) is 5.75 Å². The summed E-state index contributed by atoms with van der Waals surface area (Å²) in [6, 6.07) is 8.38. The van der Waals surface area contributed by atoms with Crippen LogP contribution in [0.5, 0.6) is 0 Å². The number of Topliss-reactive ketones (excluding diaryl/α,β-unsaturated/α-hetero) is 1. The third-order valence-electron chi connectivity index (χ3n) is 5.47. The number of nitrogens with zero attached hydrogens (tertiary/aromatic N) is 2. The molecule has 0 spiro atoms. The number of rotatable bonds is 8. The molecule has 0 atom stereocenters. The Morgan fingerprint density at radius 3 is 2.70 bits per heavy atom. The first kappa shape index (κ1) is 24.5. The van der Waals surface area contributed by atoms with Crippen LogP contribution in [0, 0.1) is 0 Å². The Labute approximate surface area is 211 Å². The van der Waals surface area contributed by atoms with Gasteiger partial charge in [0, 0.05) is 16.5 Å². The molecule has 0 amide bonds.